The zero-order valence-corrected chi connectivity index (χ0v) is 15.3. The zero-order chi connectivity index (χ0) is 18.4. The highest BCUT2D eigenvalue weighted by Crippen LogP contribution is 2.24. The summed E-state index contributed by atoms with van der Waals surface area (Å²) < 4.78 is 24.8. The van der Waals surface area contributed by atoms with Crippen LogP contribution in [-0.2, 0) is 9.84 Å². The predicted octanol–water partition coefficient (Wildman–Crippen LogP) is 1.28. The second-order valence-electron chi connectivity index (χ2n) is 7.09. The van der Waals surface area contributed by atoms with Crippen molar-refractivity contribution in [2.45, 2.75) is 38.8 Å². The van der Waals surface area contributed by atoms with E-state index in [-0.39, 0.29) is 28.8 Å². The SMILES string of the molecule is CC(C)n1nc(C(=O)N[C@@]2(C)CCS(=O)(=O)C2)c2ccccc2c1=O. The number of amides is 1. The molecule has 8 heteroatoms. The van der Waals surface area contributed by atoms with Gasteiger partial charge in [0.1, 0.15) is 0 Å². The smallest absolute Gasteiger partial charge is 0.274 e. The molecule has 1 aliphatic rings. The molecule has 0 aliphatic carbocycles. The molecule has 7 nitrogen and oxygen atoms in total. The van der Waals surface area contributed by atoms with Crippen molar-refractivity contribution < 1.29 is 13.2 Å². The van der Waals surface area contributed by atoms with Crippen molar-refractivity contribution in [2.75, 3.05) is 11.5 Å². The number of benzene rings is 1. The van der Waals surface area contributed by atoms with Crippen LogP contribution in [0.4, 0.5) is 0 Å². The van der Waals surface area contributed by atoms with Crippen molar-refractivity contribution in [2.24, 2.45) is 0 Å². The van der Waals surface area contributed by atoms with Crippen LogP contribution in [0.2, 0.25) is 0 Å². The lowest BCUT2D eigenvalue weighted by Gasteiger charge is -2.24. The van der Waals surface area contributed by atoms with Crippen LogP contribution in [-0.4, -0.2) is 41.2 Å². The first-order valence-electron chi connectivity index (χ1n) is 8.16. The highest BCUT2D eigenvalue weighted by atomic mass is 32.2. The van der Waals surface area contributed by atoms with E-state index in [9.17, 15) is 18.0 Å². The van der Waals surface area contributed by atoms with Gasteiger partial charge < -0.3 is 5.32 Å². The molecule has 2 heterocycles. The van der Waals surface area contributed by atoms with E-state index in [0.29, 0.717) is 17.2 Å². The third-order valence-corrected chi connectivity index (χ3v) is 6.35. The van der Waals surface area contributed by atoms with Gasteiger partial charge >= 0.3 is 0 Å². The topological polar surface area (TPSA) is 98.1 Å². The van der Waals surface area contributed by atoms with Crippen molar-refractivity contribution in [3.63, 3.8) is 0 Å². The summed E-state index contributed by atoms with van der Waals surface area (Å²) >= 11 is 0. The summed E-state index contributed by atoms with van der Waals surface area (Å²) in [5, 5.41) is 7.94. The van der Waals surface area contributed by atoms with Crippen LogP contribution < -0.4 is 10.9 Å². The quantitative estimate of drug-likeness (QED) is 0.886. The van der Waals surface area contributed by atoms with Crippen molar-refractivity contribution in [3.05, 3.63) is 40.3 Å². The normalized spacial score (nSPS) is 22.4. The molecule has 1 aromatic carbocycles. The van der Waals surface area contributed by atoms with Gasteiger partial charge in [-0.3, -0.25) is 9.59 Å². The molecule has 0 radical (unpaired) electrons. The first kappa shape index (κ1) is 17.6. The van der Waals surface area contributed by atoms with Crippen LogP contribution in [0.5, 0.6) is 0 Å². The highest BCUT2D eigenvalue weighted by molar-refractivity contribution is 7.91. The number of fused-ring (bicyclic) bond motifs is 1. The fraction of sp³-hybridized carbons (Fsp3) is 0.471. The number of rotatable bonds is 3. The largest absolute Gasteiger partial charge is 0.344 e. The predicted molar refractivity (Wildman–Crippen MR) is 95.5 cm³/mol. The number of carbonyl (C=O) groups is 1. The lowest BCUT2D eigenvalue weighted by atomic mass is 10.0. The Balaban J connectivity index is 2.08. The monoisotopic (exact) mass is 363 g/mol. The first-order valence-corrected chi connectivity index (χ1v) is 9.98. The number of hydrogen-bond donors (Lipinski definition) is 1. The Hall–Kier alpha value is -2.22. The standard InChI is InChI=1S/C17H21N3O4S/c1-11(2)20-16(22)13-7-5-4-6-12(13)14(19-20)15(21)18-17(3)8-9-25(23,24)10-17/h4-7,11H,8-10H2,1-3H3,(H,18,21)/t17-/m0/s1. The van der Waals surface area contributed by atoms with Gasteiger partial charge in [-0.05, 0) is 33.3 Å². The number of nitrogens with zero attached hydrogens (tertiary/aromatic N) is 2. The molecule has 1 amide bonds. The van der Waals surface area contributed by atoms with E-state index in [1.54, 1.807) is 31.2 Å². The van der Waals surface area contributed by atoms with Crippen LogP contribution in [0, 0.1) is 0 Å². The van der Waals surface area contributed by atoms with Gasteiger partial charge in [0.15, 0.2) is 15.5 Å². The molecular formula is C17H21N3O4S. The van der Waals surface area contributed by atoms with Crippen LogP contribution in [0.25, 0.3) is 10.8 Å². The van der Waals surface area contributed by atoms with E-state index in [0.717, 1.165) is 0 Å². The minimum Gasteiger partial charge on any atom is -0.344 e. The third-order valence-electron chi connectivity index (χ3n) is 4.45. The van der Waals surface area contributed by atoms with Crippen molar-refractivity contribution in [1.29, 1.82) is 0 Å². The summed E-state index contributed by atoms with van der Waals surface area (Å²) in [6.45, 7) is 5.35. The lowest BCUT2D eigenvalue weighted by molar-refractivity contribution is 0.0909. The summed E-state index contributed by atoms with van der Waals surface area (Å²) in [4.78, 5) is 25.4. The van der Waals surface area contributed by atoms with Gasteiger partial charge in [-0.25, -0.2) is 13.1 Å². The lowest BCUT2D eigenvalue weighted by Crippen LogP contribution is -2.47. The molecule has 2 aromatic rings. The summed E-state index contributed by atoms with van der Waals surface area (Å²) in [5.74, 6) is -0.498. The van der Waals surface area contributed by atoms with Gasteiger partial charge in [0.2, 0.25) is 0 Å². The van der Waals surface area contributed by atoms with Crippen molar-refractivity contribution in [1.82, 2.24) is 15.1 Å². The van der Waals surface area contributed by atoms with Crippen LogP contribution in [0.1, 0.15) is 43.7 Å². The van der Waals surface area contributed by atoms with Crippen molar-refractivity contribution in [3.8, 4) is 0 Å². The molecular weight excluding hydrogens is 342 g/mol. The maximum atomic E-state index is 12.8. The molecule has 1 aliphatic heterocycles. The van der Waals surface area contributed by atoms with Gasteiger partial charge in [-0.1, -0.05) is 18.2 Å². The Morgan fingerprint density at radius 2 is 1.92 bits per heavy atom. The van der Waals surface area contributed by atoms with E-state index in [1.165, 1.54) is 4.68 Å². The van der Waals surface area contributed by atoms with E-state index in [4.69, 9.17) is 0 Å². The van der Waals surface area contributed by atoms with E-state index < -0.39 is 21.3 Å². The van der Waals surface area contributed by atoms with Crippen molar-refractivity contribution >= 4 is 26.5 Å². The fourth-order valence-electron chi connectivity index (χ4n) is 3.17. The first-order chi connectivity index (χ1) is 11.6. The molecule has 0 saturated carbocycles. The molecule has 1 N–H and O–H groups in total. The van der Waals surface area contributed by atoms with Crippen LogP contribution in [0.3, 0.4) is 0 Å². The van der Waals surface area contributed by atoms with Gasteiger partial charge in [-0.2, -0.15) is 5.10 Å². The molecule has 25 heavy (non-hydrogen) atoms. The number of hydrogen-bond acceptors (Lipinski definition) is 5. The van der Waals surface area contributed by atoms with Gasteiger partial charge in [-0.15, -0.1) is 0 Å². The summed E-state index contributed by atoms with van der Waals surface area (Å²) in [7, 11) is -3.14. The number of sulfone groups is 1. The second-order valence-corrected chi connectivity index (χ2v) is 9.28. The Kier molecular flexibility index (Phi) is 4.18. The molecule has 0 spiro atoms. The van der Waals surface area contributed by atoms with Gasteiger partial charge in [0.25, 0.3) is 11.5 Å². The zero-order valence-electron chi connectivity index (χ0n) is 14.4. The minimum atomic E-state index is -3.14. The Morgan fingerprint density at radius 1 is 1.28 bits per heavy atom. The average Bonchev–Trinajstić information content (AvgIpc) is 2.80. The van der Waals surface area contributed by atoms with Crippen LogP contribution in [0.15, 0.2) is 29.1 Å². The molecule has 0 unspecified atom stereocenters. The fourth-order valence-corrected chi connectivity index (χ4v) is 5.26. The minimum absolute atomic E-state index is 0.0590. The van der Waals surface area contributed by atoms with E-state index in [2.05, 4.69) is 10.4 Å². The Bertz CT molecular complexity index is 1010. The summed E-state index contributed by atoms with van der Waals surface area (Å²) in [6.07, 6.45) is 0.364. The van der Waals surface area contributed by atoms with E-state index >= 15 is 0 Å². The number of aromatic nitrogens is 2. The number of nitrogens with one attached hydrogen (secondary N) is 1. The molecule has 1 fully saturated rings. The second kappa shape index (κ2) is 5.94. The summed E-state index contributed by atoms with van der Waals surface area (Å²) in [6, 6.07) is 6.61. The Labute approximate surface area is 146 Å². The number of carbonyl (C=O) groups excluding carboxylic acids is 1. The van der Waals surface area contributed by atoms with Gasteiger partial charge in [0.05, 0.1) is 28.5 Å². The van der Waals surface area contributed by atoms with Gasteiger partial charge in [0, 0.05) is 5.39 Å². The molecule has 1 saturated heterocycles. The van der Waals surface area contributed by atoms with Crippen LogP contribution >= 0.6 is 0 Å². The Morgan fingerprint density at radius 3 is 2.48 bits per heavy atom. The summed E-state index contributed by atoms with van der Waals surface area (Å²) in [5.41, 5.74) is -0.941. The molecule has 134 valence electrons. The third kappa shape index (κ3) is 3.30. The molecule has 1 aromatic heterocycles. The van der Waals surface area contributed by atoms with E-state index in [1.807, 2.05) is 13.8 Å². The molecule has 1 atom stereocenters. The average molecular weight is 363 g/mol. The molecule has 3 rings (SSSR count). The molecule has 0 bridgehead atoms. The maximum Gasteiger partial charge on any atom is 0.274 e. The highest BCUT2D eigenvalue weighted by Gasteiger charge is 2.40. The maximum absolute atomic E-state index is 12.8.